The van der Waals surface area contributed by atoms with Crippen LogP contribution in [0, 0.1) is 0 Å². The van der Waals surface area contributed by atoms with E-state index in [1.807, 2.05) is 43.3 Å². The van der Waals surface area contributed by atoms with Gasteiger partial charge in [-0.1, -0.05) is 72.5 Å². The number of aromatic carboxylic acids is 1. The first-order valence-corrected chi connectivity index (χ1v) is 10.7. The summed E-state index contributed by atoms with van der Waals surface area (Å²) in [5, 5.41) is 13.5. The Kier molecular flexibility index (Phi) is 7.38. The van der Waals surface area contributed by atoms with Gasteiger partial charge in [-0.25, -0.2) is 0 Å². The van der Waals surface area contributed by atoms with Gasteiger partial charge in [0.1, 0.15) is 4.32 Å². The molecule has 31 heavy (non-hydrogen) atoms. The van der Waals surface area contributed by atoms with E-state index in [0.29, 0.717) is 14.9 Å². The number of thiocarbonyl (C=S) groups is 1. The lowest BCUT2D eigenvalue weighted by Gasteiger charge is -2.14. The van der Waals surface area contributed by atoms with Crippen molar-refractivity contribution >= 4 is 57.8 Å². The number of benzene rings is 2. The Hall–Kier alpha value is -3.23. The molecular formula is C23H19N2O4S2-. The molecule has 1 heterocycles. The molecule has 0 unspecified atom stereocenters. The molecule has 2 aromatic rings. The minimum absolute atomic E-state index is 0.0219. The van der Waals surface area contributed by atoms with Gasteiger partial charge in [-0.2, -0.15) is 0 Å². The highest BCUT2D eigenvalue weighted by Gasteiger charge is 2.32. The van der Waals surface area contributed by atoms with Crippen molar-refractivity contribution in [1.82, 2.24) is 4.90 Å². The van der Waals surface area contributed by atoms with Gasteiger partial charge in [0.2, 0.25) is 5.91 Å². The molecule has 0 spiro atoms. The summed E-state index contributed by atoms with van der Waals surface area (Å²) in [4.78, 5) is 37.8. The molecule has 1 aliphatic rings. The van der Waals surface area contributed by atoms with Gasteiger partial charge < -0.3 is 15.2 Å². The lowest BCUT2D eigenvalue weighted by Crippen LogP contribution is -2.31. The number of carbonyl (C=O) groups excluding carboxylic acids is 3. The second-order valence-corrected chi connectivity index (χ2v) is 8.47. The molecule has 8 heteroatoms. The Balaban J connectivity index is 1.60. The van der Waals surface area contributed by atoms with Gasteiger partial charge in [0.15, 0.2) is 0 Å². The summed E-state index contributed by atoms with van der Waals surface area (Å²) >= 11 is 6.51. The maximum absolute atomic E-state index is 12.7. The number of thioether (sulfide) groups is 1. The van der Waals surface area contributed by atoms with Gasteiger partial charge in [-0.15, -0.1) is 0 Å². The zero-order chi connectivity index (χ0) is 22.4. The van der Waals surface area contributed by atoms with Crippen molar-refractivity contribution in [2.24, 2.45) is 0 Å². The van der Waals surface area contributed by atoms with Crippen LogP contribution in [-0.2, 0) is 9.59 Å². The quantitative estimate of drug-likeness (QED) is 0.514. The summed E-state index contributed by atoms with van der Waals surface area (Å²) in [6, 6.07) is 15.6. The first-order valence-electron chi connectivity index (χ1n) is 9.43. The third-order valence-electron chi connectivity index (χ3n) is 4.37. The molecule has 0 aliphatic carbocycles. The van der Waals surface area contributed by atoms with Crippen molar-refractivity contribution in [3.05, 3.63) is 82.3 Å². The average Bonchev–Trinajstić information content (AvgIpc) is 2.99. The third-order valence-corrected chi connectivity index (χ3v) is 5.75. The van der Waals surface area contributed by atoms with Crippen LogP contribution in [0.5, 0.6) is 0 Å². The number of carbonyl (C=O) groups is 3. The molecule has 0 aromatic heterocycles. The highest BCUT2D eigenvalue weighted by atomic mass is 32.2. The minimum atomic E-state index is -1.32. The van der Waals surface area contributed by atoms with Gasteiger partial charge >= 0.3 is 0 Å². The number of nitrogens with zero attached hydrogens (tertiary/aromatic N) is 1. The second-order valence-electron chi connectivity index (χ2n) is 6.80. The van der Waals surface area contributed by atoms with Gasteiger partial charge in [-0.3, -0.25) is 14.5 Å². The topological polar surface area (TPSA) is 89.5 Å². The van der Waals surface area contributed by atoms with E-state index in [-0.39, 0.29) is 30.3 Å². The van der Waals surface area contributed by atoms with E-state index < -0.39 is 5.97 Å². The predicted octanol–water partition coefficient (Wildman–Crippen LogP) is 3.23. The first kappa shape index (κ1) is 22.5. The number of allylic oxidation sites excluding steroid dienone is 2. The van der Waals surface area contributed by atoms with Crippen LogP contribution in [0.15, 0.2) is 71.2 Å². The smallest absolute Gasteiger partial charge is 0.266 e. The number of nitrogens with one attached hydrogen (secondary N) is 1. The number of carboxylic acids is 1. The molecule has 1 N–H and O–H groups in total. The molecule has 2 aromatic carbocycles. The molecule has 6 nitrogen and oxygen atoms in total. The molecule has 0 saturated carbocycles. The number of rotatable bonds is 7. The van der Waals surface area contributed by atoms with Crippen LogP contribution in [0.4, 0.5) is 5.69 Å². The molecule has 0 bridgehead atoms. The molecular weight excluding hydrogens is 432 g/mol. The van der Waals surface area contributed by atoms with Crippen LogP contribution in [0.25, 0.3) is 6.08 Å². The molecule has 158 valence electrons. The monoisotopic (exact) mass is 451 g/mol. The highest BCUT2D eigenvalue weighted by molar-refractivity contribution is 8.26. The maximum atomic E-state index is 12.7. The SMILES string of the molecule is CC(=Cc1ccccc1)C=C1SC(=S)N(CCC(=O)Nc2cccc(C(=O)[O-])c2)C1=O. The number of hydrogen-bond donors (Lipinski definition) is 1. The normalized spacial score (nSPS) is 15.5. The van der Waals surface area contributed by atoms with Crippen LogP contribution in [0.3, 0.4) is 0 Å². The van der Waals surface area contributed by atoms with Crippen molar-refractivity contribution in [3.8, 4) is 0 Å². The molecule has 1 aliphatic heterocycles. The van der Waals surface area contributed by atoms with Crippen LogP contribution < -0.4 is 10.4 Å². The highest BCUT2D eigenvalue weighted by Crippen LogP contribution is 2.32. The molecule has 3 rings (SSSR count). The van der Waals surface area contributed by atoms with E-state index in [2.05, 4.69) is 5.32 Å². The van der Waals surface area contributed by atoms with Gasteiger partial charge in [-0.05, 0) is 41.8 Å². The number of amides is 2. The van der Waals surface area contributed by atoms with Crippen molar-refractivity contribution in [2.45, 2.75) is 13.3 Å². The zero-order valence-electron chi connectivity index (χ0n) is 16.7. The third kappa shape index (κ3) is 6.13. The Bertz CT molecular complexity index is 1090. The Morgan fingerprint density at radius 2 is 1.90 bits per heavy atom. The second kappa shape index (κ2) is 10.2. The predicted molar refractivity (Wildman–Crippen MR) is 124 cm³/mol. The average molecular weight is 452 g/mol. The van der Waals surface area contributed by atoms with Crippen molar-refractivity contribution in [3.63, 3.8) is 0 Å². The lowest BCUT2D eigenvalue weighted by molar-refractivity contribution is -0.255. The van der Waals surface area contributed by atoms with Crippen molar-refractivity contribution in [1.29, 1.82) is 0 Å². The molecule has 1 saturated heterocycles. The summed E-state index contributed by atoms with van der Waals surface area (Å²) in [7, 11) is 0. The summed E-state index contributed by atoms with van der Waals surface area (Å²) in [6.07, 6.45) is 3.78. The van der Waals surface area contributed by atoms with E-state index in [0.717, 1.165) is 11.1 Å². The lowest BCUT2D eigenvalue weighted by atomic mass is 10.1. The first-order chi connectivity index (χ1) is 14.8. The summed E-state index contributed by atoms with van der Waals surface area (Å²) < 4.78 is 0.399. The molecule has 1 fully saturated rings. The Morgan fingerprint density at radius 1 is 1.16 bits per heavy atom. The molecule has 0 radical (unpaired) electrons. The fraction of sp³-hybridized carbons (Fsp3) is 0.130. The minimum Gasteiger partial charge on any atom is -0.545 e. The van der Waals surface area contributed by atoms with Crippen molar-refractivity contribution < 1.29 is 19.5 Å². The van der Waals surface area contributed by atoms with E-state index in [1.54, 1.807) is 12.1 Å². The van der Waals surface area contributed by atoms with E-state index in [1.165, 1.54) is 34.9 Å². The molecule has 2 amide bonds. The number of carboxylic acid groups (broad SMARTS) is 1. The van der Waals surface area contributed by atoms with Crippen LogP contribution >= 0.6 is 24.0 Å². The van der Waals surface area contributed by atoms with E-state index in [9.17, 15) is 19.5 Å². The summed E-state index contributed by atoms with van der Waals surface area (Å²) in [5.74, 6) is -1.91. The standard InChI is InChI=1S/C23H20N2O4S2/c1-15(12-16-6-3-2-4-7-16)13-19-21(27)25(23(30)31-19)11-10-20(26)24-18-9-5-8-17(14-18)22(28)29/h2-9,12-14H,10-11H2,1H3,(H,24,26)(H,28,29)/p-1. The number of hydrogen-bond acceptors (Lipinski definition) is 6. The Labute approximate surface area is 189 Å². The summed E-state index contributed by atoms with van der Waals surface area (Å²) in [5.41, 5.74) is 2.26. The van der Waals surface area contributed by atoms with Crippen LogP contribution in [-0.4, -0.2) is 33.5 Å². The van der Waals surface area contributed by atoms with E-state index >= 15 is 0 Å². The number of anilines is 1. The molecule has 0 atom stereocenters. The summed E-state index contributed by atoms with van der Waals surface area (Å²) in [6.45, 7) is 2.04. The largest absolute Gasteiger partial charge is 0.545 e. The van der Waals surface area contributed by atoms with E-state index in [4.69, 9.17) is 12.2 Å². The maximum Gasteiger partial charge on any atom is 0.266 e. The van der Waals surface area contributed by atoms with Crippen LogP contribution in [0.2, 0.25) is 0 Å². The zero-order valence-corrected chi connectivity index (χ0v) is 18.3. The van der Waals surface area contributed by atoms with Crippen LogP contribution in [0.1, 0.15) is 29.3 Å². The Morgan fingerprint density at radius 3 is 2.61 bits per heavy atom. The van der Waals surface area contributed by atoms with Crippen molar-refractivity contribution in [2.75, 3.05) is 11.9 Å². The fourth-order valence-corrected chi connectivity index (χ4v) is 4.27. The van der Waals surface area contributed by atoms with Gasteiger partial charge in [0, 0.05) is 18.7 Å². The van der Waals surface area contributed by atoms with Gasteiger partial charge in [0.25, 0.3) is 5.91 Å². The van der Waals surface area contributed by atoms with Gasteiger partial charge in [0.05, 0.1) is 10.9 Å². The fourth-order valence-electron chi connectivity index (χ4n) is 2.91.